The van der Waals surface area contributed by atoms with E-state index in [-0.39, 0.29) is 11.9 Å². The molecule has 0 heterocycles. The summed E-state index contributed by atoms with van der Waals surface area (Å²) in [5, 5.41) is 3.85. The van der Waals surface area contributed by atoms with Gasteiger partial charge in [-0.25, -0.2) is 0 Å². The van der Waals surface area contributed by atoms with Crippen LogP contribution in [0.5, 0.6) is 0 Å². The van der Waals surface area contributed by atoms with Crippen molar-refractivity contribution in [1.82, 2.24) is 5.32 Å². The van der Waals surface area contributed by atoms with E-state index >= 15 is 0 Å². The van der Waals surface area contributed by atoms with Crippen molar-refractivity contribution in [3.05, 3.63) is 99.6 Å². The van der Waals surface area contributed by atoms with Crippen LogP contribution >= 0.6 is 23.4 Å². The molecule has 0 fully saturated rings. The highest BCUT2D eigenvalue weighted by atomic mass is 35.5. The van der Waals surface area contributed by atoms with Crippen molar-refractivity contribution in [2.75, 3.05) is 0 Å². The fourth-order valence-corrected chi connectivity index (χ4v) is 4.01. The second kappa shape index (κ2) is 9.31. The summed E-state index contributed by atoms with van der Waals surface area (Å²) in [7, 11) is 0. The van der Waals surface area contributed by atoms with Gasteiger partial charge >= 0.3 is 0 Å². The van der Waals surface area contributed by atoms with Crippen molar-refractivity contribution in [2.45, 2.75) is 37.5 Å². The second-order valence-corrected chi connectivity index (χ2v) is 8.48. The fraction of sp³-hybridized carbons (Fsp3) is 0.208. The van der Waals surface area contributed by atoms with E-state index in [1.54, 1.807) is 11.8 Å². The molecule has 0 spiro atoms. The van der Waals surface area contributed by atoms with Crippen molar-refractivity contribution in [3.8, 4) is 0 Å². The Balaban J connectivity index is 1.60. The normalized spacial score (nSPS) is 11.9. The van der Waals surface area contributed by atoms with E-state index in [4.69, 9.17) is 11.6 Å². The van der Waals surface area contributed by atoms with Gasteiger partial charge in [-0.15, -0.1) is 11.8 Å². The van der Waals surface area contributed by atoms with E-state index in [2.05, 4.69) is 37.4 Å². The average Bonchev–Trinajstić information content (AvgIpc) is 2.69. The zero-order valence-corrected chi connectivity index (χ0v) is 17.9. The Morgan fingerprint density at radius 3 is 2.36 bits per heavy atom. The SMILES string of the molecule is Cc1ccc(C)c(C(C)NC(=O)c2ccc(CSc3ccc(Cl)cc3)cc2)c1. The van der Waals surface area contributed by atoms with Crippen LogP contribution in [0.4, 0.5) is 0 Å². The molecule has 2 nitrogen and oxygen atoms in total. The van der Waals surface area contributed by atoms with Crippen LogP contribution in [0.15, 0.2) is 71.6 Å². The van der Waals surface area contributed by atoms with Gasteiger partial charge in [0, 0.05) is 21.2 Å². The first-order chi connectivity index (χ1) is 13.4. The molecule has 0 aliphatic heterocycles. The standard InChI is InChI=1S/C24H24ClNOS/c1-16-4-5-17(2)23(14-16)18(3)26-24(27)20-8-6-19(7-9-20)15-28-22-12-10-21(25)11-13-22/h4-14,18H,15H2,1-3H3,(H,26,27). The number of hydrogen-bond acceptors (Lipinski definition) is 2. The van der Waals surface area contributed by atoms with Crippen LogP contribution in [0.3, 0.4) is 0 Å². The number of hydrogen-bond donors (Lipinski definition) is 1. The predicted octanol–water partition coefficient (Wildman–Crippen LogP) is 6.74. The summed E-state index contributed by atoms with van der Waals surface area (Å²) >= 11 is 7.67. The van der Waals surface area contributed by atoms with Crippen molar-refractivity contribution in [3.63, 3.8) is 0 Å². The van der Waals surface area contributed by atoms with Gasteiger partial charge in [-0.3, -0.25) is 4.79 Å². The van der Waals surface area contributed by atoms with Gasteiger partial charge < -0.3 is 5.32 Å². The maximum absolute atomic E-state index is 12.6. The molecule has 0 saturated heterocycles. The molecule has 4 heteroatoms. The Morgan fingerprint density at radius 2 is 1.68 bits per heavy atom. The number of benzene rings is 3. The average molecular weight is 410 g/mol. The lowest BCUT2D eigenvalue weighted by Crippen LogP contribution is -2.27. The predicted molar refractivity (Wildman–Crippen MR) is 119 cm³/mol. The molecular formula is C24H24ClNOS. The first-order valence-electron chi connectivity index (χ1n) is 9.27. The molecule has 1 N–H and O–H groups in total. The molecule has 3 aromatic carbocycles. The van der Waals surface area contributed by atoms with E-state index in [0.29, 0.717) is 5.56 Å². The molecular weight excluding hydrogens is 386 g/mol. The van der Waals surface area contributed by atoms with Gasteiger partial charge in [-0.1, -0.05) is 47.5 Å². The molecule has 0 aliphatic carbocycles. The summed E-state index contributed by atoms with van der Waals surface area (Å²) in [5.41, 5.74) is 5.40. The molecule has 0 bridgehead atoms. The largest absolute Gasteiger partial charge is 0.346 e. The number of amides is 1. The van der Waals surface area contributed by atoms with E-state index < -0.39 is 0 Å². The summed E-state index contributed by atoms with van der Waals surface area (Å²) in [6, 6.07) is 21.9. The third-order valence-corrected chi connectivity index (χ3v) is 6.02. The van der Waals surface area contributed by atoms with Gasteiger partial charge in [-0.2, -0.15) is 0 Å². The Hall–Kier alpha value is -2.23. The minimum atomic E-state index is -0.0506. The van der Waals surface area contributed by atoms with Gasteiger partial charge in [-0.05, 0) is 73.9 Å². The molecule has 3 aromatic rings. The number of nitrogens with one attached hydrogen (secondary N) is 1. The highest BCUT2D eigenvalue weighted by Crippen LogP contribution is 2.24. The zero-order valence-electron chi connectivity index (χ0n) is 16.3. The maximum Gasteiger partial charge on any atom is 0.251 e. The van der Waals surface area contributed by atoms with Gasteiger partial charge in [0.05, 0.1) is 6.04 Å². The third-order valence-electron chi connectivity index (χ3n) is 4.68. The van der Waals surface area contributed by atoms with Crippen molar-refractivity contribution < 1.29 is 4.79 Å². The number of carbonyl (C=O) groups excluding carboxylic acids is 1. The second-order valence-electron chi connectivity index (χ2n) is 6.99. The molecule has 0 radical (unpaired) electrons. The highest BCUT2D eigenvalue weighted by molar-refractivity contribution is 7.98. The van der Waals surface area contributed by atoms with Crippen LogP contribution in [-0.2, 0) is 5.75 Å². The van der Waals surface area contributed by atoms with Crippen LogP contribution in [-0.4, -0.2) is 5.91 Å². The smallest absolute Gasteiger partial charge is 0.251 e. The molecule has 1 atom stereocenters. The van der Waals surface area contributed by atoms with E-state index in [1.807, 2.05) is 55.5 Å². The van der Waals surface area contributed by atoms with Crippen LogP contribution in [0.25, 0.3) is 0 Å². The number of halogens is 1. The first-order valence-corrected chi connectivity index (χ1v) is 10.6. The van der Waals surface area contributed by atoms with Crippen LogP contribution in [0.2, 0.25) is 5.02 Å². The van der Waals surface area contributed by atoms with Crippen LogP contribution < -0.4 is 5.32 Å². The molecule has 3 rings (SSSR count). The van der Waals surface area contributed by atoms with Gasteiger partial charge in [0.25, 0.3) is 5.91 Å². The maximum atomic E-state index is 12.6. The van der Waals surface area contributed by atoms with E-state index in [1.165, 1.54) is 21.6 Å². The molecule has 28 heavy (non-hydrogen) atoms. The zero-order chi connectivity index (χ0) is 20.1. The summed E-state index contributed by atoms with van der Waals surface area (Å²) < 4.78 is 0. The van der Waals surface area contributed by atoms with Crippen LogP contribution in [0.1, 0.15) is 45.6 Å². The lowest BCUT2D eigenvalue weighted by Gasteiger charge is -2.17. The van der Waals surface area contributed by atoms with Crippen molar-refractivity contribution in [1.29, 1.82) is 0 Å². The lowest BCUT2D eigenvalue weighted by atomic mass is 9.99. The number of carbonyl (C=O) groups is 1. The van der Waals surface area contributed by atoms with Gasteiger partial charge in [0.1, 0.15) is 0 Å². The molecule has 0 aliphatic rings. The fourth-order valence-electron chi connectivity index (χ4n) is 3.03. The molecule has 1 unspecified atom stereocenters. The summed E-state index contributed by atoms with van der Waals surface area (Å²) in [6.07, 6.45) is 0. The van der Waals surface area contributed by atoms with Crippen molar-refractivity contribution >= 4 is 29.3 Å². The first kappa shape index (κ1) is 20.5. The van der Waals surface area contributed by atoms with Crippen LogP contribution in [0, 0.1) is 13.8 Å². The Labute approximate surface area is 176 Å². The minimum Gasteiger partial charge on any atom is -0.346 e. The Bertz CT molecular complexity index is 951. The molecule has 1 amide bonds. The van der Waals surface area contributed by atoms with Gasteiger partial charge in [0.15, 0.2) is 0 Å². The molecule has 0 aromatic heterocycles. The molecule has 0 saturated carbocycles. The Morgan fingerprint density at radius 1 is 1.00 bits per heavy atom. The van der Waals surface area contributed by atoms with E-state index in [9.17, 15) is 4.79 Å². The lowest BCUT2D eigenvalue weighted by molar-refractivity contribution is 0.0940. The minimum absolute atomic E-state index is 0.0347. The Kier molecular flexibility index (Phi) is 6.82. The highest BCUT2D eigenvalue weighted by Gasteiger charge is 2.13. The summed E-state index contributed by atoms with van der Waals surface area (Å²) in [6.45, 7) is 6.17. The molecule has 144 valence electrons. The summed E-state index contributed by atoms with van der Waals surface area (Å²) in [4.78, 5) is 13.8. The topological polar surface area (TPSA) is 29.1 Å². The number of aryl methyl sites for hydroxylation is 2. The third kappa shape index (κ3) is 5.40. The summed E-state index contributed by atoms with van der Waals surface area (Å²) in [5.74, 6) is 0.799. The van der Waals surface area contributed by atoms with Gasteiger partial charge in [0.2, 0.25) is 0 Å². The monoisotopic (exact) mass is 409 g/mol. The van der Waals surface area contributed by atoms with E-state index in [0.717, 1.165) is 16.3 Å². The number of rotatable bonds is 6. The number of thioether (sulfide) groups is 1. The van der Waals surface area contributed by atoms with Crippen molar-refractivity contribution in [2.24, 2.45) is 0 Å². The quantitative estimate of drug-likeness (QED) is 0.456.